The van der Waals surface area contributed by atoms with Gasteiger partial charge in [0.25, 0.3) is 5.91 Å². The third-order valence-corrected chi connectivity index (χ3v) is 5.47. The van der Waals surface area contributed by atoms with E-state index in [1.807, 2.05) is 22.8 Å². The second-order valence-electron chi connectivity index (χ2n) is 5.64. The lowest BCUT2D eigenvalue weighted by molar-refractivity contribution is 0.0998. The first-order valence-electron chi connectivity index (χ1n) is 7.55. The van der Waals surface area contributed by atoms with Gasteiger partial charge in [0.05, 0.1) is 10.2 Å². The summed E-state index contributed by atoms with van der Waals surface area (Å²) in [5.74, 6) is -0.235. The first-order valence-corrected chi connectivity index (χ1v) is 9.16. The van der Waals surface area contributed by atoms with Gasteiger partial charge in [0.2, 0.25) is 0 Å². The van der Waals surface area contributed by atoms with Crippen LogP contribution >= 0.6 is 27.3 Å². The minimum absolute atomic E-state index is 0.235. The van der Waals surface area contributed by atoms with Gasteiger partial charge in [0, 0.05) is 16.6 Å². The molecule has 24 heavy (non-hydrogen) atoms. The average molecular weight is 401 g/mol. The number of halogens is 1. The minimum Gasteiger partial charge on any atom is -0.312 e. The minimum atomic E-state index is -0.235. The van der Waals surface area contributed by atoms with Crippen LogP contribution in [-0.2, 0) is 6.54 Å². The lowest BCUT2D eigenvalue weighted by Crippen LogP contribution is -2.16. The molecule has 0 radical (unpaired) electrons. The maximum atomic E-state index is 12.5. The number of nitrogens with zero attached hydrogens (tertiary/aromatic N) is 2. The highest BCUT2D eigenvalue weighted by molar-refractivity contribution is 9.10. The summed E-state index contributed by atoms with van der Waals surface area (Å²) in [5.41, 5.74) is 4.07. The van der Waals surface area contributed by atoms with Gasteiger partial charge in [-0.25, -0.2) is 0 Å². The second kappa shape index (κ2) is 6.87. The van der Waals surface area contributed by atoms with E-state index in [0.717, 1.165) is 14.7 Å². The van der Waals surface area contributed by atoms with Crippen LogP contribution in [0.4, 0.5) is 0 Å². The fourth-order valence-corrected chi connectivity index (χ4v) is 4.00. The van der Waals surface area contributed by atoms with Crippen LogP contribution in [0.3, 0.4) is 0 Å². The highest BCUT2D eigenvalue weighted by Gasteiger charge is 2.10. The van der Waals surface area contributed by atoms with E-state index in [1.54, 1.807) is 23.5 Å². The topological polar surface area (TPSA) is 34.4 Å². The molecule has 0 aliphatic rings. The molecule has 0 saturated carbocycles. The Balaban J connectivity index is 2.19. The summed E-state index contributed by atoms with van der Waals surface area (Å²) in [7, 11) is 0. The molecule has 0 unspecified atom stereocenters. The van der Waals surface area contributed by atoms with E-state index in [1.165, 1.54) is 11.1 Å². The van der Waals surface area contributed by atoms with Gasteiger partial charge in [-0.15, -0.1) is 6.58 Å². The Morgan fingerprint density at radius 3 is 2.67 bits per heavy atom. The van der Waals surface area contributed by atoms with Gasteiger partial charge >= 0.3 is 0 Å². The van der Waals surface area contributed by atoms with Gasteiger partial charge in [0.1, 0.15) is 0 Å². The monoisotopic (exact) mass is 400 g/mol. The number of aryl methyl sites for hydroxylation is 2. The number of carbonyl (C=O) groups is 1. The number of hydrogen-bond acceptors (Lipinski definition) is 2. The van der Waals surface area contributed by atoms with E-state index in [0.29, 0.717) is 16.9 Å². The van der Waals surface area contributed by atoms with E-state index in [9.17, 15) is 4.79 Å². The molecular formula is C19H17BrN2OS. The van der Waals surface area contributed by atoms with E-state index in [-0.39, 0.29) is 5.91 Å². The molecule has 3 nitrogen and oxygen atoms in total. The van der Waals surface area contributed by atoms with Crippen LogP contribution in [0.2, 0.25) is 0 Å². The average Bonchev–Trinajstić information content (AvgIpc) is 2.87. The fourth-order valence-electron chi connectivity index (χ4n) is 2.65. The maximum Gasteiger partial charge on any atom is 0.279 e. The van der Waals surface area contributed by atoms with Crippen molar-refractivity contribution in [1.29, 1.82) is 0 Å². The Kier molecular flexibility index (Phi) is 4.83. The molecule has 2 aromatic carbocycles. The lowest BCUT2D eigenvalue weighted by atomic mass is 10.1. The van der Waals surface area contributed by atoms with Crippen molar-refractivity contribution in [2.24, 2.45) is 4.99 Å². The molecule has 5 heteroatoms. The molecule has 0 bridgehead atoms. The van der Waals surface area contributed by atoms with Gasteiger partial charge < -0.3 is 4.57 Å². The van der Waals surface area contributed by atoms with E-state index in [4.69, 9.17) is 0 Å². The molecule has 1 heterocycles. The Bertz CT molecular complexity index is 997. The van der Waals surface area contributed by atoms with Crippen molar-refractivity contribution in [3.63, 3.8) is 0 Å². The van der Waals surface area contributed by atoms with Crippen molar-refractivity contribution < 1.29 is 4.79 Å². The van der Waals surface area contributed by atoms with Crippen LogP contribution < -0.4 is 4.80 Å². The van der Waals surface area contributed by atoms with Gasteiger partial charge in [-0.3, -0.25) is 4.79 Å². The summed E-state index contributed by atoms with van der Waals surface area (Å²) in [6.45, 7) is 8.61. The van der Waals surface area contributed by atoms with E-state index < -0.39 is 0 Å². The second-order valence-corrected chi connectivity index (χ2v) is 7.53. The Labute approximate surface area is 153 Å². The van der Waals surface area contributed by atoms with Crippen molar-refractivity contribution >= 4 is 43.4 Å². The Morgan fingerprint density at radius 1 is 1.29 bits per heavy atom. The number of allylic oxidation sites excluding steroid dienone is 1. The molecular weight excluding hydrogens is 384 g/mol. The smallest absolute Gasteiger partial charge is 0.279 e. The first kappa shape index (κ1) is 16.9. The molecule has 0 saturated heterocycles. The zero-order chi connectivity index (χ0) is 17.3. The third-order valence-electron chi connectivity index (χ3n) is 3.71. The lowest BCUT2D eigenvalue weighted by Gasteiger charge is -2.03. The van der Waals surface area contributed by atoms with Crippen molar-refractivity contribution in [1.82, 2.24) is 4.57 Å². The Morgan fingerprint density at radius 2 is 2.00 bits per heavy atom. The SMILES string of the molecule is C=CCn1c(=NC(=O)c2ccc(Br)cc2)sc2c(C)cc(C)cc21. The van der Waals surface area contributed by atoms with Crippen molar-refractivity contribution in [2.75, 3.05) is 0 Å². The molecule has 0 aliphatic carbocycles. The number of rotatable bonds is 3. The standard InChI is InChI=1S/C19H17BrN2OS/c1-4-9-22-16-11-12(2)10-13(3)17(16)24-19(22)21-18(23)14-5-7-15(20)8-6-14/h4-8,10-11H,1,9H2,2-3H3. The summed E-state index contributed by atoms with van der Waals surface area (Å²) in [5, 5.41) is 0. The quantitative estimate of drug-likeness (QED) is 0.568. The van der Waals surface area contributed by atoms with E-state index >= 15 is 0 Å². The molecule has 0 atom stereocenters. The number of aromatic nitrogens is 1. The molecule has 0 fully saturated rings. The van der Waals surface area contributed by atoms with Gasteiger partial charge in [-0.05, 0) is 55.3 Å². The van der Waals surface area contributed by atoms with Gasteiger partial charge in [0.15, 0.2) is 4.80 Å². The number of benzene rings is 2. The normalized spacial score (nSPS) is 11.9. The zero-order valence-corrected chi connectivity index (χ0v) is 15.9. The molecule has 0 aliphatic heterocycles. The van der Waals surface area contributed by atoms with E-state index in [2.05, 4.69) is 53.5 Å². The first-order chi connectivity index (χ1) is 11.5. The van der Waals surface area contributed by atoms with Crippen LogP contribution in [0.15, 0.2) is 58.5 Å². The van der Waals surface area contributed by atoms with Crippen LogP contribution in [0.5, 0.6) is 0 Å². The number of hydrogen-bond donors (Lipinski definition) is 0. The van der Waals surface area contributed by atoms with Gasteiger partial charge in [-0.2, -0.15) is 4.99 Å². The van der Waals surface area contributed by atoms with Crippen LogP contribution in [0.1, 0.15) is 21.5 Å². The predicted molar refractivity (Wildman–Crippen MR) is 104 cm³/mol. The highest BCUT2D eigenvalue weighted by Crippen LogP contribution is 2.23. The summed E-state index contributed by atoms with van der Waals surface area (Å²) in [6.07, 6.45) is 1.83. The molecule has 0 spiro atoms. The molecule has 3 rings (SSSR count). The molecule has 3 aromatic rings. The summed E-state index contributed by atoms with van der Waals surface area (Å²) >= 11 is 4.92. The van der Waals surface area contributed by atoms with Crippen molar-refractivity contribution in [3.8, 4) is 0 Å². The molecule has 1 amide bonds. The summed E-state index contributed by atoms with van der Waals surface area (Å²) < 4.78 is 4.14. The van der Waals surface area contributed by atoms with Gasteiger partial charge in [-0.1, -0.05) is 39.4 Å². The van der Waals surface area contributed by atoms with Crippen LogP contribution in [0, 0.1) is 13.8 Å². The summed E-state index contributed by atoms with van der Waals surface area (Å²) in [4.78, 5) is 17.6. The fraction of sp³-hybridized carbons (Fsp3) is 0.158. The molecule has 0 N–H and O–H groups in total. The van der Waals surface area contributed by atoms with Crippen molar-refractivity contribution in [2.45, 2.75) is 20.4 Å². The number of thiazole rings is 1. The summed E-state index contributed by atoms with van der Waals surface area (Å²) in [6, 6.07) is 11.5. The number of carbonyl (C=O) groups excluding carboxylic acids is 1. The largest absolute Gasteiger partial charge is 0.312 e. The maximum absolute atomic E-state index is 12.5. The predicted octanol–water partition coefficient (Wildman–Crippen LogP) is 5.01. The third kappa shape index (κ3) is 3.28. The van der Waals surface area contributed by atoms with Crippen molar-refractivity contribution in [3.05, 3.63) is 75.0 Å². The Hall–Kier alpha value is -1.98. The number of fused-ring (bicyclic) bond motifs is 1. The van der Waals surface area contributed by atoms with Crippen LogP contribution in [0.25, 0.3) is 10.2 Å². The molecule has 1 aromatic heterocycles. The molecule has 122 valence electrons. The zero-order valence-electron chi connectivity index (χ0n) is 13.5. The van der Waals surface area contributed by atoms with Crippen LogP contribution in [-0.4, -0.2) is 10.5 Å². The number of amides is 1. The highest BCUT2D eigenvalue weighted by atomic mass is 79.9.